The Labute approximate surface area is 147 Å². The molecule has 0 atom stereocenters. The van der Waals surface area contributed by atoms with Gasteiger partial charge in [-0.15, -0.1) is 0 Å². The van der Waals surface area contributed by atoms with Crippen LogP contribution in [0.4, 0.5) is 10.1 Å². The largest absolute Gasteiger partial charge is 0.452 e. The van der Waals surface area contributed by atoms with Gasteiger partial charge in [-0.1, -0.05) is 35.3 Å². The Morgan fingerprint density at radius 1 is 1.08 bits per heavy atom. The molecule has 2 aromatic rings. The summed E-state index contributed by atoms with van der Waals surface area (Å²) < 4.78 is 17.6. The zero-order valence-corrected chi connectivity index (χ0v) is 13.8. The van der Waals surface area contributed by atoms with Crippen molar-refractivity contribution in [2.45, 2.75) is 0 Å². The molecule has 124 valence electrons. The number of carbonyl (C=O) groups excluding carboxylic acids is 2. The second-order valence-electron chi connectivity index (χ2n) is 4.70. The summed E-state index contributed by atoms with van der Waals surface area (Å²) >= 11 is 11.6. The number of hydrogen-bond donors (Lipinski definition) is 1. The molecule has 0 bridgehead atoms. The first kappa shape index (κ1) is 18.0. The summed E-state index contributed by atoms with van der Waals surface area (Å²) in [6.45, 7) is -0.462. The highest BCUT2D eigenvalue weighted by Gasteiger charge is 2.07. The van der Waals surface area contributed by atoms with Crippen molar-refractivity contribution >= 4 is 46.8 Å². The number of carbonyl (C=O) groups is 2. The third-order valence-corrected chi connectivity index (χ3v) is 3.21. The van der Waals surface area contributed by atoms with E-state index in [0.717, 1.165) is 6.08 Å². The Kier molecular flexibility index (Phi) is 6.35. The first-order valence-corrected chi connectivity index (χ1v) is 7.54. The van der Waals surface area contributed by atoms with Gasteiger partial charge in [-0.05, 0) is 42.0 Å². The van der Waals surface area contributed by atoms with E-state index in [-0.39, 0.29) is 5.82 Å². The van der Waals surface area contributed by atoms with E-state index >= 15 is 0 Å². The molecule has 0 saturated heterocycles. The summed E-state index contributed by atoms with van der Waals surface area (Å²) in [5.74, 6) is -1.59. The van der Waals surface area contributed by atoms with E-state index in [1.807, 2.05) is 0 Å². The Balaban J connectivity index is 1.82. The van der Waals surface area contributed by atoms with Crippen LogP contribution in [0.2, 0.25) is 10.0 Å². The quantitative estimate of drug-likeness (QED) is 0.632. The molecular formula is C17H12Cl2FNO3. The standard InChI is InChI=1S/C17H12Cl2FNO3/c18-12-7-13(19)9-15(8-12)21-16(22)10-24-17(23)6-3-11-1-4-14(20)5-2-11/h1-9H,10H2,(H,21,22)/b6-3+. The minimum Gasteiger partial charge on any atom is -0.452 e. The molecule has 0 heterocycles. The first-order valence-electron chi connectivity index (χ1n) is 6.79. The minimum absolute atomic E-state index is 0.368. The lowest BCUT2D eigenvalue weighted by Gasteiger charge is -2.06. The molecule has 0 aliphatic carbocycles. The summed E-state index contributed by atoms with van der Waals surface area (Å²) in [6.07, 6.45) is 2.60. The lowest BCUT2D eigenvalue weighted by molar-refractivity contribution is -0.142. The normalized spacial score (nSPS) is 10.6. The molecular weight excluding hydrogens is 356 g/mol. The van der Waals surface area contributed by atoms with Crippen molar-refractivity contribution in [1.82, 2.24) is 0 Å². The fourth-order valence-electron chi connectivity index (χ4n) is 1.75. The summed E-state index contributed by atoms with van der Waals surface area (Å²) in [6, 6.07) is 10.1. The van der Waals surface area contributed by atoms with Gasteiger partial charge in [-0.2, -0.15) is 0 Å². The average molecular weight is 368 g/mol. The molecule has 0 aliphatic heterocycles. The SMILES string of the molecule is O=C(COC(=O)/C=C/c1ccc(F)cc1)Nc1cc(Cl)cc(Cl)c1. The van der Waals surface area contributed by atoms with E-state index in [1.165, 1.54) is 48.5 Å². The molecule has 0 spiro atoms. The van der Waals surface area contributed by atoms with Crippen LogP contribution < -0.4 is 5.32 Å². The van der Waals surface area contributed by atoms with Gasteiger partial charge in [-0.3, -0.25) is 4.79 Å². The number of anilines is 1. The Morgan fingerprint density at radius 3 is 2.33 bits per heavy atom. The van der Waals surface area contributed by atoms with Gasteiger partial charge in [0, 0.05) is 21.8 Å². The summed E-state index contributed by atoms with van der Waals surface area (Å²) in [5.41, 5.74) is 1.03. The van der Waals surface area contributed by atoms with Crippen LogP contribution in [0.1, 0.15) is 5.56 Å². The first-order chi connectivity index (χ1) is 11.4. The van der Waals surface area contributed by atoms with Gasteiger partial charge < -0.3 is 10.1 Å². The van der Waals surface area contributed by atoms with Gasteiger partial charge >= 0.3 is 5.97 Å². The molecule has 4 nitrogen and oxygen atoms in total. The molecule has 0 fully saturated rings. The van der Waals surface area contributed by atoms with Crippen LogP contribution in [0.25, 0.3) is 6.08 Å². The van der Waals surface area contributed by atoms with E-state index in [9.17, 15) is 14.0 Å². The Bertz CT molecular complexity index is 756. The van der Waals surface area contributed by atoms with E-state index in [2.05, 4.69) is 5.32 Å². The molecule has 1 amide bonds. The topological polar surface area (TPSA) is 55.4 Å². The molecule has 2 rings (SSSR count). The van der Waals surface area contributed by atoms with Gasteiger partial charge in [0.25, 0.3) is 5.91 Å². The number of esters is 1. The van der Waals surface area contributed by atoms with E-state index < -0.39 is 18.5 Å². The molecule has 1 N–H and O–H groups in total. The number of halogens is 3. The molecule has 0 saturated carbocycles. The van der Waals surface area contributed by atoms with Gasteiger partial charge in [0.05, 0.1) is 0 Å². The molecule has 2 aromatic carbocycles. The highest BCUT2D eigenvalue weighted by Crippen LogP contribution is 2.22. The van der Waals surface area contributed by atoms with Crippen molar-refractivity contribution in [3.05, 3.63) is 70.0 Å². The minimum atomic E-state index is -0.696. The van der Waals surface area contributed by atoms with Crippen molar-refractivity contribution in [3.8, 4) is 0 Å². The molecule has 0 unspecified atom stereocenters. The van der Waals surface area contributed by atoms with Gasteiger partial charge in [0.15, 0.2) is 6.61 Å². The highest BCUT2D eigenvalue weighted by molar-refractivity contribution is 6.35. The molecule has 0 aliphatic rings. The number of rotatable bonds is 5. The van der Waals surface area contributed by atoms with E-state index in [0.29, 0.717) is 21.3 Å². The second-order valence-corrected chi connectivity index (χ2v) is 5.57. The summed E-state index contributed by atoms with van der Waals surface area (Å²) in [5, 5.41) is 3.25. The Morgan fingerprint density at radius 2 is 1.71 bits per heavy atom. The number of amides is 1. The van der Waals surface area contributed by atoms with Crippen LogP contribution in [0.3, 0.4) is 0 Å². The van der Waals surface area contributed by atoms with Crippen LogP contribution in [0, 0.1) is 5.82 Å². The second kappa shape index (κ2) is 8.47. The van der Waals surface area contributed by atoms with Crippen molar-refractivity contribution in [3.63, 3.8) is 0 Å². The zero-order chi connectivity index (χ0) is 17.5. The van der Waals surface area contributed by atoms with Crippen LogP contribution in [0.5, 0.6) is 0 Å². The monoisotopic (exact) mass is 367 g/mol. The average Bonchev–Trinajstić information content (AvgIpc) is 2.51. The van der Waals surface area contributed by atoms with Crippen molar-refractivity contribution < 1.29 is 18.7 Å². The molecule has 24 heavy (non-hydrogen) atoms. The predicted octanol–water partition coefficient (Wildman–Crippen LogP) is 4.33. The summed E-state index contributed by atoms with van der Waals surface area (Å²) in [4.78, 5) is 23.3. The fraction of sp³-hybridized carbons (Fsp3) is 0.0588. The lowest BCUT2D eigenvalue weighted by atomic mass is 10.2. The third kappa shape index (κ3) is 6.02. The highest BCUT2D eigenvalue weighted by atomic mass is 35.5. The van der Waals surface area contributed by atoms with Gasteiger partial charge in [-0.25, -0.2) is 9.18 Å². The van der Waals surface area contributed by atoms with Crippen LogP contribution >= 0.6 is 23.2 Å². The number of hydrogen-bond acceptors (Lipinski definition) is 3. The fourth-order valence-corrected chi connectivity index (χ4v) is 2.27. The van der Waals surface area contributed by atoms with Gasteiger partial charge in [0.1, 0.15) is 5.82 Å². The molecule has 7 heteroatoms. The van der Waals surface area contributed by atoms with Crippen molar-refractivity contribution in [2.24, 2.45) is 0 Å². The number of ether oxygens (including phenoxy) is 1. The van der Waals surface area contributed by atoms with Gasteiger partial charge in [0.2, 0.25) is 0 Å². The summed E-state index contributed by atoms with van der Waals surface area (Å²) in [7, 11) is 0. The van der Waals surface area contributed by atoms with E-state index in [4.69, 9.17) is 27.9 Å². The number of nitrogens with one attached hydrogen (secondary N) is 1. The Hall–Kier alpha value is -2.37. The van der Waals surface area contributed by atoms with E-state index in [1.54, 1.807) is 0 Å². The smallest absolute Gasteiger partial charge is 0.331 e. The maximum Gasteiger partial charge on any atom is 0.331 e. The van der Waals surface area contributed by atoms with Crippen LogP contribution in [-0.4, -0.2) is 18.5 Å². The molecule has 0 radical (unpaired) electrons. The maximum absolute atomic E-state index is 12.7. The zero-order valence-electron chi connectivity index (χ0n) is 12.3. The van der Waals surface area contributed by atoms with Crippen LogP contribution in [0.15, 0.2) is 48.5 Å². The predicted molar refractivity (Wildman–Crippen MR) is 91.5 cm³/mol. The third-order valence-electron chi connectivity index (χ3n) is 2.77. The van der Waals surface area contributed by atoms with Crippen LogP contribution in [-0.2, 0) is 14.3 Å². The number of benzene rings is 2. The maximum atomic E-state index is 12.7. The van der Waals surface area contributed by atoms with Crippen molar-refractivity contribution in [2.75, 3.05) is 11.9 Å². The van der Waals surface area contributed by atoms with Crippen molar-refractivity contribution in [1.29, 1.82) is 0 Å². The molecule has 0 aromatic heterocycles. The lowest BCUT2D eigenvalue weighted by Crippen LogP contribution is -2.20.